The number of carbonyl (C=O) groups is 2. The summed E-state index contributed by atoms with van der Waals surface area (Å²) in [5, 5.41) is 37.5. The maximum atomic E-state index is 14.2. The Bertz CT molecular complexity index is 1060. The standard InChI is InChI=1S/C30H41NO6/c1-18-10-9-13-22-26(33)29(5,36)19(2)25-23(16-21-11-7-6-8-12-21)31-27(34)30(22,25)24(37-20(3)32)14-15-28(4,35)17-18/h6-9,11-15,18-19,22-26,33,35-36H,10,16-17H2,1-5H3,(H,31,34)/t18-,19-,22-,23-,24+,25-,26-,28-,29-,30+/m0/s1. The lowest BCUT2D eigenvalue weighted by Crippen LogP contribution is -2.68. The van der Waals surface area contributed by atoms with Crippen LogP contribution in [0.25, 0.3) is 0 Å². The van der Waals surface area contributed by atoms with E-state index < -0.39 is 52.5 Å². The van der Waals surface area contributed by atoms with Gasteiger partial charge in [0.05, 0.1) is 17.3 Å². The number of aliphatic hydroxyl groups is 3. The van der Waals surface area contributed by atoms with Gasteiger partial charge in [-0.25, -0.2) is 0 Å². The van der Waals surface area contributed by atoms with Gasteiger partial charge in [0, 0.05) is 24.8 Å². The van der Waals surface area contributed by atoms with E-state index in [4.69, 9.17) is 4.74 Å². The van der Waals surface area contributed by atoms with Crippen molar-refractivity contribution >= 4 is 11.9 Å². The van der Waals surface area contributed by atoms with Gasteiger partial charge in [0.25, 0.3) is 0 Å². The number of carbonyl (C=O) groups excluding carboxylic acids is 2. The van der Waals surface area contributed by atoms with Gasteiger partial charge in [-0.15, -0.1) is 0 Å². The first kappa shape index (κ1) is 27.6. The van der Waals surface area contributed by atoms with E-state index in [0.29, 0.717) is 19.3 Å². The Labute approximate surface area is 219 Å². The molecule has 1 aliphatic heterocycles. The smallest absolute Gasteiger partial charge is 0.303 e. The van der Waals surface area contributed by atoms with Crippen LogP contribution >= 0.6 is 0 Å². The van der Waals surface area contributed by atoms with E-state index in [1.165, 1.54) is 6.92 Å². The van der Waals surface area contributed by atoms with Crippen LogP contribution in [0.15, 0.2) is 54.6 Å². The van der Waals surface area contributed by atoms with Gasteiger partial charge in [-0.05, 0) is 56.6 Å². The zero-order valence-corrected chi connectivity index (χ0v) is 22.4. The monoisotopic (exact) mass is 511 g/mol. The fourth-order valence-corrected chi connectivity index (χ4v) is 7.16. The predicted molar refractivity (Wildman–Crippen MR) is 140 cm³/mol. The number of benzene rings is 1. The van der Waals surface area contributed by atoms with Crippen LogP contribution in [0.2, 0.25) is 0 Å². The van der Waals surface area contributed by atoms with Gasteiger partial charge in [0.1, 0.15) is 11.5 Å². The SMILES string of the molecule is CC(=O)O[C@@H]1C=C[C@](C)(O)C[C@@H](C)CC=C[C@H]2[C@H](O)[C@@](C)(O)[C@@H](C)[C@H]3[C@H](Cc4ccccc4)NC(=O)[C@@]312. The summed E-state index contributed by atoms with van der Waals surface area (Å²) in [5.74, 6) is -2.59. The number of esters is 1. The lowest BCUT2D eigenvalue weighted by atomic mass is 9.48. The number of nitrogens with one attached hydrogen (secondary N) is 1. The van der Waals surface area contributed by atoms with E-state index in [0.717, 1.165) is 5.56 Å². The van der Waals surface area contributed by atoms with Gasteiger partial charge in [0.2, 0.25) is 5.91 Å². The highest BCUT2D eigenvalue weighted by molar-refractivity contribution is 5.89. The molecule has 1 saturated heterocycles. The maximum Gasteiger partial charge on any atom is 0.303 e. The van der Waals surface area contributed by atoms with Gasteiger partial charge < -0.3 is 25.4 Å². The Balaban J connectivity index is 1.95. The minimum atomic E-state index is -1.49. The quantitative estimate of drug-likeness (QED) is 0.366. The van der Waals surface area contributed by atoms with Crippen molar-refractivity contribution in [3.05, 3.63) is 60.2 Å². The molecule has 37 heavy (non-hydrogen) atoms. The van der Waals surface area contributed by atoms with Crippen molar-refractivity contribution in [3.63, 3.8) is 0 Å². The zero-order valence-electron chi connectivity index (χ0n) is 22.4. The number of ether oxygens (including phenoxy) is 1. The first-order valence-electron chi connectivity index (χ1n) is 13.3. The summed E-state index contributed by atoms with van der Waals surface area (Å²) in [6.45, 7) is 8.50. The van der Waals surface area contributed by atoms with Gasteiger partial charge >= 0.3 is 5.97 Å². The van der Waals surface area contributed by atoms with Crippen LogP contribution in [-0.4, -0.2) is 56.6 Å². The van der Waals surface area contributed by atoms with Crippen molar-refractivity contribution in [2.45, 2.75) is 83.3 Å². The van der Waals surface area contributed by atoms with Crippen LogP contribution in [0.1, 0.15) is 53.0 Å². The molecule has 0 unspecified atom stereocenters. The lowest BCUT2D eigenvalue weighted by Gasteiger charge is -2.57. The van der Waals surface area contributed by atoms with E-state index in [1.807, 2.05) is 56.3 Å². The average Bonchev–Trinajstić information content (AvgIpc) is 3.08. The fraction of sp³-hybridized carbons (Fsp3) is 0.600. The van der Waals surface area contributed by atoms with Crippen molar-refractivity contribution in [1.82, 2.24) is 5.32 Å². The number of hydrogen-bond donors (Lipinski definition) is 4. The van der Waals surface area contributed by atoms with Crippen molar-refractivity contribution in [2.24, 2.45) is 29.1 Å². The fourth-order valence-electron chi connectivity index (χ4n) is 7.16. The Morgan fingerprint density at radius 2 is 1.81 bits per heavy atom. The molecule has 0 radical (unpaired) electrons. The highest BCUT2D eigenvalue weighted by atomic mass is 16.5. The van der Waals surface area contributed by atoms with Crippen molar-refractivity contribution in [2.75, 3.05) is 0 Å². The lowest BCUT2D eigenvalue weighted by molar-refractivity contribution is -0.217. The van der Waals surface area contributed by atoms with E-state index in [2.05, 4.69) is 5.32 Å². The minimum Gasteiger partial charge on any atom is -0.457 e. The number of rotatable bonds is 3. The second-order valence-electron chi connectivity index (χ2n) is 11.9. The summed E-state index contributed by atoms with van der Waals surface area (Å²) in [7, 11) is 0. The molecule has 0 bridgehead atoms. The Morgan fingerprint density at radius 3 is 2.46 bits per heavy atom. The average molecular weight is 512 g/mol. The molecular formula is C30H41NO6. The second-order valence-corrected chi connectivity index (χ2v) is 11.9. The Morgan fingerprint density at radius 1 is 1.14 bits per heavy atom. The third-order valence-corrected chi connectivity index (χ3v) is 8.98. The van der Waals surface area contributed by atoms with Crippen LogP contribution < -0.4 is 5.32 Å². The first-order valence-corrected chi connectivity index (χ1v) is 13.3. The maximum absolute atomic E-state index is 14.2. The van der Waals surface area contributed by atoms with Gasteiger partial charge in [-0.3, -0.25) is 9.59 Å². The molecule has 1 spiro atoms. The molecule has 1 aromatic rings. The second kappa shape index (κ2) is 10.0. The molecule has 202 valence electrons. The summed E-state index contributed by atoms with van der Waals surface area (Å²) >= 11 is 0. The van der Waals surface area contributed by atoms with Crippen LogP contribution in [-0.2, 0) is 20.7 Å². The normalized spacial score (nSPS) is 43.8. The van der Waals surface area contributed by atoms with Crippen molar-refractivity contribution in [3.8, 4) is 0 Å². The van der Waals surface area contributed by atoms with E-state index in [1.54, 1.807) is 26.0 Å². The molecular weight excluding hydrogens is 470 g/mol. The highest BCUT2D eigenvalue weighted by Gasteiger charge is 2.72. The Kier molecular flexibility index (Phi) is 7.45. The summed E-state index contributed by atoms with van der Waals surface area (Å²) in [5.41, 5.74) is -3.03. The molecule has 7 heteroatoms. The van der Waals surface area contributed by atoms with Gasteiger partial charge in [-0.2, -0.15) is 0 Å². The molecule has 0 aromatic heterocycles. The van der Waals surface area contributed by atoms with E-state index in [9.17, 15) is 24.9 Å². The summed E-state index contributed by atoms with van der Waals surface area (Å²) in [6, 6.07) is 9.44. The molecule has 1 aromatic carbocycles. The largest absolute Gasteiger partial charge is 0.457 e. The Hall–Kier alpha value is -2.48. The molecule has 4 N–H and O–H groups in total. The summed E-state index contributed by atoms with van der Waals surface area (Å²) < 4.78 is 5.87. The molecule has 1 amide bonds. The van der Waals surface area contributed by atoms with Crippen LogP contribution in [0.4, 0.5) is 0 Å². The van der Waals surface area contributed by atoms with Crippen LogP contribution in [0.5, 0.6) is 0 Å². The number of aliphatic hydroxyl groups excluding tert-OH is 1. The molecule has 2 fully saturated rings. The van der Waals surface area contributed by atoms with Crippen LogP contribution in [0, 0.1) is 29.1 Å². The van der Waals surface area contributed by atoms with E-state index in [-0.39, 0.29) is 17.9 Å². The molecule has 4 rings (SSSR count). The predicted octanol–water partition coefficient (Wildman–Crippen LogP) is 2.93. The summed E-state index contributed by atoms with van der Waals surface area (Å²) in [4.78, 5) is 26.6. The number of hydrogen-bond acceptors (Lipinski definition) is 6. The zero-order chi connectivity index (χ0) is 27.2. The minimum absolute atomic E-state index is 0.122. The third-order valence-electron chi connectivity index (χ3n) is 8.98. The molecule has 7 nitrogen and oxygen atoms in total. The highest BCUT2D eigenvalue weighted by Crippen LogP contribution is 2.60. The van der Waals surface area contributed by atoms with Crippen molar-refractivity contribution < 1.29 is 29.6 Å². The van der Waals surface area contributed by atoms with E-state index >= 15 is 0 Å². The molecule has 1 saturated carbocycles. The van der Waals surface area contributed by atoms with Crippen LogP contribution in [0.3, 0.4) is 0 Å². The third kappa shape index (κ3) is 4.89. The molecule has 2 aliphatic carbocycles. The molecule has 1 heterocycles. The number of allylic oxidation sites excluding steroid dienone is 1. The summed E-state index contributed by atoms with van der Waals surface area (Å²) in [6.07, 6.45) is 6.27. The topological polar surface area (TPSA) is 116 Å². The van der Waals surface area contributed by atoms with Crippen molar-refractivity contribution in [1.29, 1.82) is 0 Å². The van der Waals surface area contributed by atoms with Gasteiger partial charge in [-0.1, -0.05) is 62.4 Å². The molecule has 3 aliphatic rings. The number of amides is 1. The van der Waals surface area contributed by atoms with Gasteiger partial charge in [0.15, 0.2) is 0 Å². The molecule has 10 atom stereocenters. The first-order chi connectivity index (χ1) is 17.3.